The first-order valence-corrected chi connectivity index (χ1v) is 7.47. The van der Waals surface area contributed by atoms with E-state index in [4.69, 9.17) is 16.3 Å². The van der Waals surface area contributed by atoms with Crippen LogP contribution in [0.3, 0.4) is 0 Å². The van der Waals surface area contributed by atoms with Gasteiger partial charge in [0, 0.05) is 21.5 Å². The molecule has 23 heavy (non-hydrogen) atoms. The molecule has 1 heterocycles. The van der Waals surface area contributed by atoms with Gasteiger partial charge in [-0.3, -0.25) is 4.79 Å². The Balaban J connectivity index is 2.17. The van der Waals surface area contributed by atoms with E-state index in [1.165, 1.54) is 6.92 Å². The quantitative estimate of drug-likeness (QED) is 0.729. The highest BCUT2D eigenvalue weighted by molar-refractivity contribution is 6.31. The maximum Gasteiger partial charge on any atom is 0.355 e. The third kappa shape index (κ3) is 3.12. The second-order valence-corrected chi connectivity index (χ2v) is 5.65. The van der Waals surface area contributed by atoms with E-state index in [1.807, 2.05) is 36.4 Å². The Morgan fingerprint density at radius 2 is 1.87 bits per heavy atom. The largest absolute Gasteiger partial charge is 0.453 e. The summed E-state index contributed by atoms with van der Waals surface area (Å²) in [6.45, 7) is 1.12. The summed E-state index contributed by atoms with van der Waals surface area (Å²) in [6.07, 6.45) is 0. The predicted molar refractivity (Wildman–Crippen MR) is 89.7 cm³/mol. The van der Waals surface area contributed by atoms with Gasteiger partial charge in [-0.1, -0.05) is 41.9 Å². The van der Waals surface area contributed by atoms with E-state index in [0.717, 1.165) is 22.0 Å². The van der Waals surface area contributed by atoms with Crippen LogP contribution in [0.2, 0.25) is 5.02 Å². The van der Waals surface area contributed by atoms with Crippen LogP contribution < -0.4 is 0 Å². The summed E-state index contributed by atoms with van der Waals surface area (Å²) >= 11 is 6.09. The molecule has 0 saturated carbocycles. The Hall–Kier alpha value is -2.59. The smallest absolute Gasteiger partial charge is 0.355 e. The van der Waals surface area contributed by atoms with Gasteiger partial charge in [0.05, 0.1) is 0 Å². The van der Waals surface area contributed by atoms with Crippen LogP contribution in [0, 0.1) is 0 Å². The SMILES string of the molecule is CC(=O)COC(=O)c1[nH]c2ccc(Cl)cc2c1-c1ccccc1. The van der Waals surface area contributed by atoms with Crippen LogP contribution >= 0.6 is 11.6 Å². The zero-order valence-electron chi connectivity index (χ0n) is 12.4. The van der Waals surface area contributed by atoms with Gasteiger partial charge in [0.25, 0.3) is 0 Å². The number of aromatic amines is 1. The van der Waals surface area contributed by atoms with Crippen LogP contribution in [-0.4, -0.2) is 23.3 Å². The highest BCUT2D eigenvalue weighted by atomic mass is 35.5. The Bertz CT molecular complexity index is 884. The average molecular weight is 328 g/mol. The minimum Gasteiger partial charge on any atom is -0.453 e. The van der Waals surface area contributed by atoms with E-state index < -0.39 is 5.97 Å². The number of Topliss-reactive ketones (excluding diaryl/α,β-unsaturated/α-hetero) is 1. The van der Waals surface area contributed by atoms with E-state index in [9.17, 15) is 9.59 Å². The standard InChI is InChI=1S/C18H14ClNO3/c1-11(21)10-23-18(22)17-16(12-5-3-2-4-6-12)14-9-13(19)7-8-15(14)20-17/h2-9,20H,10H2,1H3. The lowest BCUT2D eigenvalue weighted by Gasteiger charge is -2.05. The third-order valence-electron chi connectivity index (χ3n) is 3.43. The molecule has 0 aliphatic heterocycles. The molecule has 0 unspecified atom stereocenters. The fraction of sp³-hybridized carbons (Fsp3) is 0.111. The minimum absolute atomic E-state index is 0.209. The summed E-state index contributed by atoms with van der Waals surface area (Å²) < 4.78 is 5.06. The van der Waals surface area contributed by atoms with Crippen molar-refractivity contribution in [3.63, 3.8) is 0 Å². The minimum atomic E-state index is -0.564. The number of H-pyrrole nitrogens is 1. The molecule has 1 aromatic heterocycles. The Kier molecular flexibility index (Phi) is 4.17. The molecule has 0 radical (unpaired) electrons. The molecular formula is C18H14ClNO3. The van der Waals surface area contributed by atoms with Gasteiger partial charge < -0.3 is 9.72 Å². The number of carbonyl (C=O) groups is 2. The van der Waals surface area contributed by atoms with Crippen molar-refractivity contribution in [1.82, 2.24) is 4.98 Å². The number of nitrogens with one attached hydrogen (secondary N) is 1. The Morgan fingerprint density at radius 3 is 2.57 bits per heavy atom. The second-order valence-electron chi connectivity index (χ2n) is 5.21. The highest BCUT2D eigenvalue weighted by Crippen LogP contribution is 2.34. The van der Waals surface area contributed by atoms with Gasteiger partial charge in [-0.15, -0.1) is 0 Å². The second kappa shape index (κ2) is 6.26. The topological polar surface area (TPSA) is 59.2 Å². The molecule has 1 N–H and O–H groups in total. The van der Waals surface area contributed by atoms with Gasteiger partial charge in [-0.05, 0) is 30.7 Å². The van der Waals surface area contributed by atoms with Crippen molar-refractivity contribution >= 4 is 34.3 Å². The first-order valence-electron chi connectivity index (χ1n) is 7.09. The number of benzene rings is 2. The molecule has 0 bridgehead atoms. The molecule has 116 valence electrons. The van der Waals surface area contributed by atoms with E-state index in [0.29, 0.717) is 10.7 Å². The molecular weight excluding hydrogens is 314 g/mol. The van der Waals surface area contributed by atoms with Crippen molar-refractivity contribution in [2.75, 3.05) is 6.61 Å². The number of ether oxygens (including phenoxy) is 1. The number of hydrogen-bond donors (Lipinski definition) is 1. The van der Waals surface area contributed by atoms with Crippen LogP contribution in [0.5, 0.6) is 0 Å². The van der Waals surface area contributed by atoms with Crippen molar-refractivity contribution in [3.8, 4) is 11.1 Å². The zero-order chi connectivity index (χ0) is 16.4. The fourth-order valence-corrected chi connectivity index (χ4v) is 2.63. The molecule has 0 atom stereocenters. The summed E-state index contributed by atoms with van der Waals surface area (Å²) in [5.41, 5.74) is 2.69. The molecule has 0 fully saturated rings. The lowest BCUT2D eigenvalue weighted by atomic mass is 10.0. The summed E-state index contributed by atoms with van der Waals surface area (Å²) in [5.74, 6) is -0.773. The third-order valence-corrected chi connectivity index (χ3v) is 3.67. The zero-order valence-corrected chi connectivity index (χ0v) is 13.2. The molecule has 3 aromatic rings. The number of hydrogen-bond acceptors (Lipinski definition) is 3. The number of ketones is 1. The Morgan fingerprint density at radius 1 is 1.13 bits per heavy atom. The molecule has 0 spiro atoms. The van der Waals surface area contributed by atoms with E-state index in [2.05, 4.69) is 4.98 Å². The maximum atomic E-state index is 12.4. The molecule has 2 aromatic carbocycles. The number of halogens is 1. The van der Waals surface area contributed by atoms with Crippen LogP contribution in [0.4, 0.5) is 0 Å². The van der Waals surface area contributed by atoms with Crippen molar-refractivity contribution in [3.05, 3.63) is 59.2 Å². The molecule has 5 heteroatoms. The molecule has 3 rings (SSSR count). The summed E-state index contributed by atoms with van der Waals surface area (Å²) in [6, 6.07) is 14.9. The number of fused-ring (bicyclic) bond motifs is 1. The average Bonchev–Trinajstić information content (AvgIpc) is 2.92. The Labute approximate surface area is 138 Å². The van der Waals surface area contributed by atoms with Crippen molar-refractivity contribution in [2.24, 2.45) is 0 Å². The summed E-state index contributed by atoms with van der Waals surface area (Å²) in [5, 5.41) is 1.41. The summed E-state index contributed by atoms with van der Waals surface area (Å²) in [7, 11) is 0. The molecule has 0 amide bonds. The molecule has 4 nitrogen and oxygen atoms in total. The molecule has 0 aliphatic carbocycles. The van der Waals surface area contributed by atoms with Crippen molar-refractivity contribution < 1.29 is 14.3 Å². The van der Waals surface area contributed by atoms with E-state index in [-0.39, 0.29) is 12.4 Å². The van der Waals surface area contributed by atoms with E-state index in [1.54, 1.807) is 12.1 Å². The predicted octanol–water partition coefficient (Wildman–Crippen LogP) is 4.23. The lowest BCUT2D eigenvalue weighted by Crippen LogP contribution is -2.12. The van der Waals surface area contributed by atoms with Crippen molar-refractivity contribution in [1.29, 1.82) is 0 Å². The first-order chi connectivity index (χ1) is 11.1. The lowest BCUT2D eigenvalue weighted by molar-refractivity contribution is -0.120. The number of esters is 1. The molecule has 0 aliphatic rings. The van der Waals surface area contributed by atoms with Gasteiger partial charge in [-0.25, -0.2) is 4.79 Å². The van der Waals surface area contributed by atoms with Gasteiger partial charge in [0.1, 0.15) is 12.3 Å². The fourth-order valence-electron chi connectivity index (χ4n) is 2.46. The van der Waals surface area contributed by atoms with Crippen LogP contribution in [0.1, 0.15) is 17.4 Å². The highest BCUT2D eigenvalue weighted by Gasteiger charge is 2.20. The molecule has 0 saturated heterocycles. The van der Waals surface area contributed by atoms with E-state index >= 15 is 0 Å². The summed E-state index contributed by atoms with van der Waals surface area (Å²) in [4.78, 5) is 26.5. The van der Waals surface area contributed by atoms with Gasteiger partial charge in [0.15, 0.2) is 5.78 Å². The monoisotopic (exact) mass is 327 g/mol. The normalized spacial score (nSPS) is 10.7. The van der Waals surface area contributed by atoms with Crippen LogP contribution in [0.15, 0.2) is 48.5 Å². The number of carbonyl (C=O) groups excluding carboxylic acids is 2. The van der Waals surface area contributed by atoms with Crippen LogP contribution in [-0.2, 0) is 9.53 Å². The van der Waals surface area contributed by atoms with Gasteiger partial charge in [-0.2, -0.15) is 0 Å². The number of aromatic nitrogens is 1. The van der Waals surface area contributed by atoms with Gasteiger partial charge >= 0.3 is 5.97 Å². The number of rotatable bonds is 4. The maximum absolute atomic E-state index is 12.4. The first kappa shape index (κ1) is 15.3. The van der Waals surface area contributed by atoms with Crippen LogP contribution in [0.25, 0.3) is 22.0 Å². The van der Waals surface area contributed by atoms with Gasteiger partial charge in [0.2, 0.25) is 0 Å². The van der Waals surface area contributed by atoms with Crippen molar-refractivity contribution in [2.45, 2.75) is 6.92 Å².